The second kappa shape index (κ2) is 15.4. The van der Waals surface area contributed by atoms with E-state index in [-0.39, 0.29) is 37.8 Å². The van der Waals surface area contributed by atoms with Gasteiger partial charge in [-0.1, -0.05) is 62.4 Å². The predicted molar refractivity (Wildman–Crippen MR) is 185 cm³/mol. The molecule has 0 saturated carbocycles. The smallest absolute Gasteiger partial charge is 0.252 e. The summed E-state index contributed by atoms with van der Waals surface area (Å²) in [6, 6.07) is 20.3. The zero-order valence-corrected chi connectivity index (χ0v) is 28.1. The van der Waals surface area contributed by atoms with Crippen molar-refractivity contribution in [1.82, 2.24) is 31.0 Å². The minimum atomic E-state index is -1.00. The molecule has 260 valence electrons. The molecule has 4 aromatic rings. The first-order chi connectivity index (χ1) is 24.2. The largest absolute Gasteiger partial charge is 0.457 e. The maximum atomic E-state index is 14.2. The highest BCUT2D eigenvalue weighted by Gasteiger charge is 2.34. The maximum absolute atomic E-state index is 14.2. The van der Waals surface area contributed by atoms with Gasteiger partial charge in [0.15, 0.2) is 0 Å². The second-order valence-corrected chi connectivity index (χ2v) is 13.2. The third-order valence-electron chi connectivity index (χ3n) is 9.03. The van der Waals surface area contributed by atoms with Crippen molar-refractivity contribution >= 4 is 23.6 Å². The van der Waals surface area contributed by atoms with E-state index < -0.39 is 35.8 Å². The number of nitrogens with one attached hydrogen (secondary N) is 4. The number of benzene rings is 3. The molecule has 0 spiro atoms. The number of aliphatic hydroxyl groups is 1. The zero-order chi connectivity index (χ0) is 35.2. The molecule has 4 amide bonds. The number of H-pyrrole nitrogens is 1. The van der Waals surface area contributed by atoms with Crippen molar-refractivity contribution in [3.05, 3.63) is 113 Å². The monoisotopic (exact) mass is 678 g/mol. The van der Waals surface area contributed by atoms with Crippen LogP contribution in [0.4, 0.5) is 0 Å². The van der Waals surface area contributed by atoms with E-state index in [0.717, 1.165) is 22.4 Å². The number of ether oxygens (including phenoxy) is 1. The SMILES string of the molecule is CC(C)C[C@@H]1NC(=O)[C@@H](Cc2ccccc2)NC(=O)c2cccc(c2)Oc2ccc(cc2)C[C@@H](C(=O)N2CCc3[nH]nc(CO)c3C2)NC1=O. The van der Waals surface area contributed by atoms with Gasteiger partial charge in [-0.2, -0.15) is 5.10 Å². The van der Waals surface area contributed by atoms with E-state index in [1.165, 1.54) is 0 Å². The standard InChI is InChI=1S/C38H42N6O6/c1-23(2)17-31-36(47)41-33(38(49)44-16-15-30-29(21-44)34(22-45)43-42-30)19-25-11-13-27(14-12-25)50-28-10-6-9-26(20-28)35(46)39-32(37(48)40-31)18-24-7-4-3-5-8-24/h3-14,20,23,31-33,45H,15-19,21-22H2,1-2H3,(H,39,46)(H,40,48)(H,41,47)(H,42,43)/t31-,32+,33-/m0/s1. The number of aromatic nitrogens is 2. The van der Waals surface area contributed by atoms with Crippen molar-refractivity contribution in [2.24, 2.45) is 5.92 Å². The van der Waals surface area contributed by atoms with Crippen molar-refractivity contribution in [2.75, 3.05) is 6.54 Å². The van der Waals surface area contributed by atoms with Gasteiger partial charge in [0, 0.05) is 49.2 Å². The summed E-state index contributed by atoms with van der Waals surface area (Å²) >= 11 is 0. The van der Waals surface area contributed by atoms with Gasteiger partial charge in [0.2, 0.25) is 17.7 Å². The molecule has 50 heavy (non-hydrogen) atoms. The van der Waals surface area contributed by atoms with E-state index >= 15 is 0 Å². The fraction of sp³-hybridized carbons (Fsp3) is 0.342. The van der Waals surface area contributed by atoms with E-state index in [1.54, 1.807) is 41.3 Å². The molecule has 0 fully saturated rings. The Morgan fingerprint density at radius 1 is 0.920 bits per heavy atom. The molecule has 3 aliphatic rings. The van der Waals surface area contributed by atoms with Crippen LogP contribution in [0.2, 0.25) is 0 Å². The summed E-state index contributed by atoms with van der Waals surface area (Å²) in [6.07, 6.45) is 1.22. The van der Waals surface area contributed by atoms with Crippen molar-refractivity contribution in [3.63, 3.8) is 0 Å². The van der Waals surface area contributed by atoms with Gasteiger partial charge >= 0.3 is 0 Å². The number of carbonyl (C=O) groups excluding carboxylic acids is 4. The number of aliphatic hydroxyl groups excluding tert-OH is 1. The highest BCUT2D eigenvalue weighted by atomic mass is 16.5. The molecular weight excluding hydrogens is 636 g/mol. The molecule has 3 aromatic carbocycles. The Labute approximate surface area is 290 Å². The van der Waals surface area contributed by atoms with E-state index in [1.807, 2.05) is 56.3 Å². The molecule has 5 N–H and O–H groups in total. The molecule has 3 aliphatic heterocycles. The van der Waals surface area contributed by atoms with E-state index in [9.17, 15) is 24.3 Å². The number of rotatable bonds is 6. The van der Waals surface area contributed by atoms with E-state index in [0.29, 0.717) is 42.1 Å². The summed E-state index contributed by atoms with van der Waals surface area (Å²) in [7, 11) is 0. The first-order valence-electron chi connectivity index (χ1n) is 16.9. The lowest BCUT2D eigenvalue weighted by Crippen LogP contribution is -2.58. The lowest BCUT2D eigenvalue weighted by atomic mass is 9.98. The number of aromatic amines is 1. The normalized spacial score (nSPS) is 19.8. The van der Waals surface area contributed by atoms with Crippen LogP contribution in [0.15, 0.2) is 78.9 Å². The van der Waals surface area contributed by atoms with Crippen LogP contribution in [-0.4, -0.2) is 68.5 Å². The van der Waals surface area contributed by atoms with Gasteiger partial charge in [-0.3, -0.25) is 24.3 Å². The third-order valence-corrected chi connectivity index (χ3v) is 9.03. The minimum Gasteiger partial charge on any atom is -0.457 e. The molecule has 0 saturated heterocycles. The Balaban J connectivity index is 1.34. The van der Waals surface area contributed by atoms with E-state index in [2.05, 4.69) is 26.1 Å². The molecule has 3 atom stereocenters. The molecule has 0 radical (unpaired) electrons. The number of fused-ring (bicyclic) bond motifs is 12. The summed E-state index contributed by atoms with van der Waals surface area (Å²) in [4.78, 5) is 57.5. The molecule has 4 heterocycles. The van der Waals surface area contributed by atoms with E-state index in [4.69, 9.17) is 4.74 Å². The Bertz CT molecular complexity index is 1830. The molecule has 4 bridgehead atoms. The lowest BCUT2D eigenvalue weighted by molar-refractivity contribution is -0.138. The Morgan fingerprint density at radius 3 is 2.42 bits per heavy atom. The summed E-state index contributed by atoms with van der Waals surface area (Å²) < 4.78 is 6.06. The number of amides is 4. The summed E-state index contributed by atoms with van der Waals surface area (Å²) in [5.41, 5.74) is 4.08. The van der Waals surface area contributed by atoms with Gasteiger partial charge in [-0.25, -0.2) is 0 Å². The maximum Gasteiger partial charge on any atom is 0.252 e. The number of hydrogen-bond donors (Lipinski definition) is 5. The highest BCUT2D eigenvalue weighted by Crippen LogP contribution is 2.25. The fourth-order valence-electron chi connectivity index (χ4n) is 6.41. The lowest BCUT2D eigenvalue weighted by Gasteiger charge is -2.32. The van der Waals surface area contributed by atoms with Crippen LogP contribution in [0.5, 0.6) is 11.5 Å². The van der Waals surface area contributed by atoms with Crippen LogP contribution < -0.4 is 20.7 Å². The van der Waals surface area contributed by atoms with Gasteiger partial charge in [0.25, 0.3) is 5.91 Å². The molecule has 7 rings (SSSR count). The fourth-order valence-corrected chi connectivity index (χ4v) is 6.41. The summed E-state index contributed by atoms with van der Waals surface area (Å²) in [5, 5.41) is 25.7. The highest BCUT2D eigenvalue weighted by molar-refractivity contribution is 5.99. The van der Waals surface area contributed by atoms with Gasteiger partial charge in [0.1, 0.15) is 29.6 Å². The van der Waals surface area contributed by atoms with Gasteiger partial charge < -0.3 is 30.7 Å². The molecule has 12 nitrogen and oxygen atoms in total. The average molecular weight is 679 g/mol. The van der Waals surface area contributed by atoms with Crippen LogP contribution in [0, 0.1) is 5.92 Å². The zero-order valence-electron chi connectivity index (χ0n) is 28.1. The average Bonchev–Trinajstić information content (AvgIpc) is 3.53. The Morgan fingerprint density at radius 2 is 1.68 bits per heavy atom. The van der Waals surface area contributed by atoms with Crippen LogP contribution >= 0.6 is 0 Å². The van der Waals surface area contributed by atoms with Crippen LogP contribution in [0.25, 0.3) is 0 Å². The Hall–Kier alpha value is -5.49. The summed E-state index contributed by atoms with van der Waals surface area (Å²) in [5.74, 6) is -0.782. The number of nitrogens with zero attached hydrogens (tertiary/aromatic N) is 2. The minimum absolute atomic E-state index is 0.0222. The van der Waals surface area contributed by atoms with Crippen LogP contribution in [-0.2, 0) is 46.8 Å². The van der Waals surface area contributed by atoms with Crippen LogP contribution in [0.1, 0.15) is 58.7 Å². The first kappa shape index (κ1) is 34.4. The van der Waals surface area contributed by atoms with Crippen molar-refractivity contribution in [2.45, 2.75) is 70.8 Å². The number of carbonyl (C=O) groups is 4. The number of hydrogen-bond acceptors (Lipinski definition) is 7. The summed E-state index contributed by atoms with van der Waals surface area (Å²) in [6.45, 7) is 4.29. The molecular formula is C38H42N6O6. The molecule has 1 aromatic heterocycles. The van der Waals surface area contributed by atoms with Gasteiger partial charge in [-0.15, -0.1) is 0 Å². The van der Waals surface area contributed by atoms with Crippen molar-refractivity contribution in [3.8, 4) is 11.5 Å². The predicted octanol–water partition coefficient (Wildman–Crippen LogP) is 3.19. The molecule has 0 unspecified atom stereocenters. The Kier molecular flexibility index (Phi) is 10.6. The third kappa shape index (κ3) is 8.20. The topological polar surface area (TPSA) is 166 Å². The van der Waals surface area contributed by atoms with Crippen molar-refractivity contribution < 1.29 is 29.0 Å². The van der Waals surface area contributed by atoms with Gasteiger partial charge in [-0.05, 0) is 53.8 Å². The first-order valence-corrected chi connectivity index (χ1v) is 16.9. The van der Waals surface area contributed by atoms with Gasteiger partial charge in [0.05, 0.1) is 12.3 Å². The quantitative estimate of drug-likeness (QED) is 0.196. The molecule has 12 heteroatoms. The second-order valence-electron chi connectivity index (χ2n) is 13.2. The molecule has 0 aliphatic carbocycles. The van der Waals surface area contributed by atoms with Crippen molar-refractivity contribution in [1.29, 1.82) is 0 Å². The van der Waals surface area contributed by atoms with Crippen LogP contribution in [0.3, 0.4) is 0 Å².